The van der Waals surface area contributed by atoms with E-state index in [1.807, 2.05) is 42.5 Å². The van der Waals surface area contributed by atoms with Crippen LogP contribution in [0.3, 0.4) is 0 Å². The molecule has 5 heteroatoms. The first kappa shape index (κ1) is 16.2. The van der Waals surface area contributed by atoms with Gasteiger partial charge in [0.05, 0.1) is 0 Å². The van der Waals surface area contributed by atoms with Crippen molar-refractivity contribution >= 4 is 23.5 Å². The van der Waals surface area contributed by atoms with Crippen LogP contribution in [0, 0.1) is 0 Å². The van der Waals surface area contributed by atoms with Crippen molar-refractivity contribution in [3.63, 3.8) is 0 Å². The molecule has 1 N–H and O–H groups in total. The summed E-state index contributed by atoms with van der Waals surface area (Å²) in [5.74, 6) is 0.526. The molecule has 3 rings (SSSR count). The molecular formula is C19H17N3OS. The molecule has 4 nitrogen and oxygen atoms in total. The van der Waals surface area contributed by atoms with E-state index in [1.54, 1.807) is 30.4 Å². The number of carbonyl (C=O) groups is 1. The van der Waals surface area contributed by atoms with Crippen LogP contribution in [-0.2, 0) is 11.2 Å². The van der Waals surface area contributed by atoms with Gasteiger partial charge in [-0.05, 0) is 42.3 Å². The number of aromatic nitrogens is 2. The average Bonchev–Trinajstić information content (AvgIpc) is 2.63. The molecule has 0 spiro atoms. The highest BCUT2D eigenvalue weighted by molar-refractivity contribution is 7.99. The standard InChI is InChI=1S/C19H17N3OS/c23-19(11-8-15-5-4-12-20-13-15)22-18-10-9-17(14-21-18)24-16-6-2-1-3-7-16/h1-7,9-10,12-14H,8,11H2,(H,21,22,23). The number of pyridine rings is 2. The van der Waals surface area contributed by atoms with E-state index in [9.17, 15) is 4.79 Å². The molecule has 0 atom stereocenters. The summed E-state index contributed by atoms with van der Waals surface area (Å²) in [7, 11) is 0. The first-order valence-electron chi connectivity index (χ1n) is 7.67. The van der Waals surface area contributed by atoms with E-state index in [-0.39, 0.29) is 5.91 Å². The van der Waals surface area contributed by atoms with Crippen LogP contribution in [0.1, 0.15) is 12.0 Å². The fraction of sp³-hybridized carbons (Fsp3) is 0.105. The largest absolute Gasteiger partial charge is 0.311 e. The maximum Gasteiger partial charge on any atom is 0.225 e. The molecule has 0 saturated carbocycles. The van der Waals surface area contributed by atoms with E-state index in [2.05, 4.69) is 27.4 Å². The molecule has 0 unspecified atom stereocenters. The van der Waals surface area contributed by atoms with Crippen LogP contribution in [0.4, 0.5) is 5.82 Å². The summed E-state index contributed by atoms with van der Waals surface area (Å²) < 4.78 is 0. The maximum absolute atomic E-state index is 12.0. The van der Waals surface area contributed by atoms with Gasteiger partial charge >= 0.3 is 0 Å². The Kier molecular flexibility index (Phi) is 5.58. The van der Waals surface area contributed by atoms with E-state index in [1.165, 1.54) is 0 Å². The predicted molar refractivity (Wildman–Crippen MR) is 96.0 cm³/mol. The number of carbonyl (C=O) groups excluding carboxylic acids is 1. The van der Waals surface area contributed by atoms with Crippen LogP contribution in [0.25, 0.3) is 0 Å². The Morgan fingerprint density at radius 3 is 2.54 bits per heavy atom. The Hall–Kier alpha value is -2.66. The Morgan fingerprint density at radius 2 is 1.83 bits per heavy atom. The number of nitrogens with zero attached hydrogens (tertiary/aromatic N) is 2. The molecule has 24 heavy (non-hydrogen) atoms. The van der Waals surface area contributed by atoms with E-state index in [4.69, 9.17) is 0 Å². The maximum atomic E-state index is 12.0. The highest BCUT2D eigenvalue weighted by atomic mass is 32.2. The monoisotopic (exact) mass is 335 g/mol. The first-order chi connectivity index (χ1) is 11.8. The number of rotatable bonds is 6. The van der Waals surface area contributed by atoms with Crippen LogP contribution >= 0.6 is 11.8 Å². The number of amides is 1. The van der Waals surface area contributed by atoms with Gasteiger partial charge in [0.15, 0.2) is 0 Å². The summed E-state index contributed by atoms with van der Waals surface area (Å²) in [6.07, 6.45) is 6.35. The summed E-state index contributed by atoms with van der Waals surface area (Å²) in [6.45, 7) is 0. The lowest BCUT2D eigenvalue weighted by Crippen LogP contribution is -2.13. The van der Waals surface area contributed by atoms with Gasteiger partial charge < -0.3 is 5.32 Å². The molecule has 120 valence electrons. The number of benzene rings is 1. The second kappa shape index (κ2) is 8.26. The summed E-state index contributed by atoms with van der Waals surface area (Å²) in [5, 5.41) is 2.82. The lowest BCUT2D eigenvalue weighted by molar-refractivity contribution is -0.116. The van der Waals surface area contributed by atoms with Crippen molar-refractivity contribution in [2.45, 2.75) is 22.6 Å². The van der Waals surface area contributed by atoms with Crippen molar-refractivity contribution in [2.24, 2.45) is 0 Å². The Labute approximate surface area is 145 Å². The van der Waals surface area contributed by atoms with Crippen LogP contribution in [0.15, 0.2) is 83.0 Å². The minimum atomic E-state index is -0.0465. The van der Waals surface area contributed by atoms with Gasteiger partial charge in [-0.3, -0.25) is 9.78 Å². The number of anilines is 1. The van der Waals surface area contributed by atoms with Crippen molar-refractivity contribution in [3.05, 3.63) is 78.8 Å². The molecule has 2 heterocycles. The van der Waals surface area contributed by atoms with E-state index in [0.29, 0.717) is 18.7 Å². The van der Waals surface area contributed by atoms with Gasteiger partial charge in [0.1, 0.15) is 5.82 Å². The van der Waals surface area contributed by atoms with Crippen molar-refractivity contribution in [1.82, 2.24) is 9.97 Å². The molecule has 2 aromatic heterocycles. The van der Waals surface area contributed by atoms with Crippen molar-refractivity contribution in [1.29, 1.82) is 0 Å². The first-order valence-corrected chi connectivity index (χ1v) is 8.49. The normalized spacial score (nSPS) is 10.3. The molecule has 1 amide bonds. The molecule has 3 aromatic rings. The van der Waals surface area contributed by atoms with Crippen molar-refractivity contribution < 1.29 is 4.79 Å². The molecule has 1 aromatic carbocycles. The molecule has 0 saturated heterocycles. The zero-order valence-corrected chi connectivity index (χ0v) is 13.9. The Balaban J connectivity index is 1.51. The van der Waals surface area contributed by atoms with Crippen LogP contribution in [0.2, 0.25) is 0 Å². The van der Waals surface area contributed by atoms with Gasteiger partial charge in [0.25, 0.3) is 0 Å². The van der Waals surface area contributed by atoms with Gasteiger partial charge in [-0.1, -0.05) is 36.0 Å². The second-order valence-corrected chi connectivity index (χ2v) is 6.35. The number of aryl methyl sites for hydroxylation is 1. The van der Waals surface area contributed by atoms with Gasteiger partial charge in [-0.15, -0.1) is 0 Å². The van der Waals surface area contributed by atoms with E-state index >= 15 is 0 Å². The molecule has 0 aliphatic carbocycles. The molecule has 0 aliphatic heterocycles. The quantitative estimate of drug-likeness (QED) is 0.733. The molecule has 0 radical (unpaired) electrons. The smallest absolute Gasteiger partial charge is 0.225 e. The highest BCUT2D eigenvalue weighted by Crippen LogP contribution is 2.27. The fourth-order valence-electron chi connectivity index (χ4n) is 2.15. The van der Waals surface area contributed by atoms with Crippen LogP contribution in [-0.4, -0.2) is 15.9 Å². The zero-order chi connectivity index (χ0) is 16.6. The van der Waals surface area contributed by atoms with Crippen molar-refractivity contribution in [2.75, 3.05) is 5.32 Å². The van der Waals surface area contributed by atoms with Crippen LogP contribution in [0.5, 0.6) is 0 Å². The average molecular weight is 335 g/mol. The lowest BCUT2D eigenvalue weighted by atomic mass is 10.1. The number of hydrogen-bond donors (Lipinski definition) is 1. The molecule has 0 fully saturated rings. The number of nitrogens with one attached hydrogen (secondary N) is 1. The Morgan fingerprint density at radius 1 is 0.958 bits per heavy atom. The van der Waals surface area contributed by atoms with Gasteiger partial charge in [0, 0.05) is 34.8 Å². The third kappa shape index (κ3) is 4.93. The topological polar surface area (TPSA) is 54.9 Å². The highest BCUT2D eigenvalue weighted by Gasteiger charge is 2.05. The van der Waals surface area contributed by atoms with Crippen molar-refractivity contribution in [3.8, 4) is 0 Å². The molecular weight excluding hydrogens is 318 g/mol. The minimum Gasteiger partial charge on any atom is -0.311 e. The minimum absolute atomic E-state index is 0.0465. The lowest BCUT2D eigenvalue weighted by Gasteiger charge is -2.06. The predicted octanol–water partition coefficient (Wildman–Crippen LogP) is 4.20. The Bertz CT molecular complexity index is 777. The zero-order valence-electron chi connectivity index (χ0n) is 13.1. The second-order valence-electron chi connectivity index (χ2n) is 5.20. The third-order valence-electron chi connectivity index (χ3n) is 3.35. The van der Waals surface area contributed by atoms with Gasteiger partial charge in [-0.25, -0.2) is 4.98 Å². The van der Waals surface area contributed by atoms with Gasteiger partial charge in [0.2, 0.25) is 5.91 Å². The summed E-state index contributed by atoms with van der Waals surface area (Å²) >= 11 is 1.64. The SMILES string of the molecule is O=C(CCc1cccnc1)Nc1ccc(Sc2ccccc2)cn1. The van der Waals surface area contributed by atoms with E-state index in [0.717, 1.165) is 15.4 Å². The molecule has 0 aliphatic rings. The summed E-state index contributed by atoms with van der Waals surface area (Å²) in [6, 6.07) is 17.7. The third-order valence-corrected chi connectivity index (χ3v) is 4.33. The fourth-order valence-corrected chi connectivity index (χ4v) is 2.96. The van der Waals surface area contributed by atoms with Crippen LogP contribution < -0.4 is 5.32 Å². The number of hydrogen-bond acceptors (Lipinski definition) is 4. The van der Waals surface area contributed by atoms with E-state index < -0.39 is 0 Å². The summed E-state index contributed by atoms with van der Waals surface area (Å²) in [5.41, 5.74) is 1.05. The summed E-state index contributed by atoms with van der Waals surface area (Å²) in [4.78, 5) is 22.5. The molecule has 0 bridgehead atoms. The van der Waals surface area contributed by atoms with Gasteiger partial charge in [-0.2, -0.15) is 0 Å².